The van der Waals surface area contributed by atoms with E-state index in [1.54, 1.807) is 12.1 Å². The van der Waals surface area contributed by atoms with Crippen molar-refractivity contribution in [1.82, 2.24) is 14.9 Å². The number of aromatic nitrogens is 2. The lowest BCUT2D eigenvalue weighted by Gasteiger charge is -2.22. The molecule has 32 heavy (non-hydrogen) atoms. The van der Waals surface area contributed by atoms with Gasteiger partial charge in [-0.05, 0) is 54.7 Å². The van der Waals surface area contributed by atoms with E-state index in [0.29, 0.717) is 16.6 Å². The normalized spacial score (nSPS) is 15.2. The van der Waals surface area contributed by atoms with Gasteiger partial charge >= 0.3 is 0 Å². The van der Waals surface area contributed by atoms with Gasteiger partial charge in [0.25, 0.3) is 0 Å². The Morgan fingerprint density at radius 2 is 1.84 bits per heavy atom. The summed E-state index contributed by atoms with van der Waals surface area (Å²) >= 11 is 12.1. The molecule has 3 aromatic rings. The number of aryl methyl sites for hydroxylation is 2. The van der Waals surface area contributed by atoms with Crippen LogP contribution in [0, 0.1) is 0 Å². The summed E-state index contributed by atoms with van der Waals surface area (Å²) in [6.45, 7) is 3.64. The number of carbonyl (C=O) groups excluding carboxylic acids is 1. The molecule has 2 aliphatic heterocycles. The minimum absolute atomic E-state index is 0.0397. The molecule has 5 nitrogen and oxygen atoms in total. The second-order valence-corrected chi connectivity index (χ2v) is 9.39. The van der Waals surface area contributed by atoms with E-state index in [0.717, 1.165) is 48.4 Å². The molecule has 0 saturated carbocycles. The molecule has 2 aliphatic rings. The maximum Gasteiger partial charge on any atom is 0.224 e. The second kappa shape index (κ2) is 9.16. The summed E-state index contributed by atoms with van der Waals surface area (Å²) in [4.78, 5) is 19.9. The first-order valence-corrected chi connectivity index (χ1v) is 12.0. The van der Waals surface area contributed by atoms with E-state index in [1.807, 2.05) is 6.07 Å². The molecule has 7 heteroatoms. The van der Waals surface area contributed by atoms with Crippen LogP contribution in [0.4, 0.5) is 5.69 Å². The van der Waals surface area contributed by atoms with E-state index < -0.39 is 0 Å². The zero-order valence-electron chi connectivity index (χ0n) is 17.9. The third-order valence-electron chi connectivity index (χ3n) is 6.31. The number of anilines is 1. The van der Waals surface area contributed by atoms with Crippen LogP contribution in [-0.2, 0) is 30.7 Å². The van der Waals surface area contributed by atoms with E-state index in [2.05, 4.69) is 39.2 Å². The summed E-state index contributed by atoms with van der Waals surface area (Å²) in [7, 11) is 0. The molecule has 3 heterocycles. The van der Waals surface area contributed by atoms with Crippen molar-refractivity contribution in [2.45, 2.75) is 45.2 Å². The molecule has 166 valence electrons. The molecule has 0 spiro atoms. The second-order valence-electron chi connectivity index (χ2n) is 8.58. The molecule has 1 saturated heterocycles. The Morgan fingerprint density at radius 1 is 1.00 bits per heavy atom. The van der Waals surface area contributed by atoms with Gasteiger partial charge in [-0.2, -0.15) is 0 Å². The number of amides is 1. The van der Waals surface area contributed by atoms with E-state index in [4.69, 9.17) is 28.2 Å². The van der Waals surface area contributed by atoms with Gasteiger partial charge in [0.1, 0.15) is 5.82 Å². The van der Waals surface area contributed by atoms with Crippen molar-refractivity contribution in [3.8, 4) is 11.3 Å². The van der Waals surface area contributed by atoms with Crippen LogP contribution >= 0.6 is 23.2 Å². The number of imidazole rings is 1. The van der Waals surface area contributed by atoms with Gasteiger partial charge in [0.05, 0.1) is 22.2 Å². The smallest absolute Gasteiger partial charge is 0.224 e. The first-order chi connectivity index (χ1) is 15.6. The highest BCUT2D eigenvalue weighted by Gasteiger charge is 2.19. The number of hydrogen-bond donors (Lipinski definition) is 1. The van der Waals surface area contributed by atoms with Crippen molar-refractivity contribution in [2.75, 3.05) is 18.0 Å². The van der Waals surface area contributed by atoms with Crippen molar-refractivity contribution in [2.24, 2.45) is 0 Å². The summed E-state index contributed by atoms with van der Waals surface area (Å²) in [5, 5.41) is 4.06. The summed E-state index contributed by atoms with van der Waals surface area (Å²) in [6.07, 6.45) is 7.05. The third kappa shape index (κ3) is 4.50. The highest BCUT2D eigenvalue weighted by Crippen LogP contribution is 2.30. The fourth-order valence-electron chi connectivity index (χ4n) is 4.64. The maximum absolute atomic E-state index is 12.6. The van der Waals surface area contributed by atoms with E-state index >= 15 is 0 Å². The lowest BCUT2D eigenvalue weighted by Crippen LogP contribution is -2.26. The summed E-state index contributed by atoms with van der Waals surface area (Å²) in [6, 6.07) is 11.8. The quantitative estimate of drug-likeness (QED) is 0.536. The molecule has 1 amide bonds. The van der Waals surface area contributed by atoms with Crippen molar-refractivity contribution < 1.29 is 4.79 Å². The molecular formula is C25H26Cl2N4O. The number of hydrogen-bond acceptors (Lipinski definition) is 3. The average Bonchev–Trinajstić information content (AvgIpc) is 3.52. The number of carbonyl (C=O) groups is 1. The predicted molar refractivity (Wildman–Crippen MR) is 129 cm³/mol. The Balaban J connectivity index is 1.35. The van der Waals surface area contributed by atoms with Gasteiger partial charge in [-0.1, -0.05) is 35.3 Å². The average molecular weight is 469 g/mol. The van der Waals surface area contributed by atoms with Crippen LogP contribution in [0.3, 0.4) is 0 Å². The molecule has 5 rings (SSSR count). The molecule has 0 unspecified atom stereocenters. The van der Waals surface area contributed by atoms with Gasteiger partial charge in [-0.25, -0.2) is 4.98 Å². The zero-order valence-corrected chi connectivity index (χ0v) is 19.4. The van der Waals surface area contributed by atoms with Crippen molar-refractivity contribution in [3.63, 3.8) is 0 Å². The Kier molecular flexibility index (Phi) is 6.11. The summed E-state index contributed by atoms with van der Waals surface area (Å²) in [5.74, 6) is 1.13. The minimum atomic E-state index is -0.0397. The fourth-order valence-corrected chi connectivity index (χ4v) is 4.96. The van der Waals surface area contributed by atoms with E-state index in [-0.39, 0.29) is 12.3 Å². The van der Waals surface area contributed by atoms with Gasteiger partial charge in [-0.15, -0.1) is 0 Å². The summed E-state index contributed by atoms with van der Waals surface area (Å²) < 4.78 is 2.25. The van der Waals surface area contributed by atoms with Crippen LogP contribution in [0.2, 0.25) is 10.0 Å². The number of nitrogens with zero attached hydrogens (tertiary/aromatic N) is 3. The van der Waals surface area contributed by atoms with Crippen LogP contribution in [0.5, 0.6) is 0 Å². The lowest BCUT2D eigenvalue weighted by atomic mass is 10.0. The Bertz CT molecular complexity index is 1130. The SMILES string of the molecule is O=C(Cc1ccc(Cl)c(Cl)c1)NCc1cc(-c2cn3c(n2)CCC3)ccc1N1CCCC1. The van der Waals surface area contributed by atoms with Crippen LogP contribution in [0.1, 0.15) is 36.2 Å². The largest absolute Gasteiger partial charge is 0.371 e. The molecule has 0 bridgehead atoms. The molecule has 1 aromatic heterocycles. The number of rotatable bonds is 6. The Morgan fingerprint density at radius 3 is 2.62 bits per heavy atom. The van der Waals surface area contributed by atoms with Crippen LogP contribution in [0.15, 0.2) is 42.6 Å². The van der Waals surface area contributed by atoms with Crippen molar-refractivity contribution in [3.05, 3.63) is 69.6 Å². The first kappa shape index (κ1) is 21.4. The van der Waals surface area contributed by atoms with Gasteiger partial charge in [0.2, 0.25) is 5.91 Å². The lowest BCUT2D eigenvalue weighted by molar-refractivity contribution is -0.120. The standard InChI is InChI=1S/C25H26Cl2N4O/c26-20-7-5-17(12-21(20)27)13-25(32)28-15-19-14-18(6-8-23(19)30-9-1-2-10-30)22-16-31-11-3-4-24(31)29-22/h5-8,12,14,16H,1-4,9-11,13,15H2,(H,28,32). The zero-order chi connectivity index (χ0) is 22.1. The van der Waals surface area contributed by atoms with Gasteiger partial charge in [0, 0.05) is 50.0 Å². The highest BCUT2D eigenvalue weighted by molar-refractivity contribution is 6.42. The number of halogens is 2. The molecule has 0 radical (unpaired) electrons. The third-order valence-corrected chi connectivity index (χ3v) is 7.04. The van der Waals surface area contributed by atoms with E-state index in [1.165, 1.54) is 30.8 Å². The van der Waals surface area contributed by atoms with Gasteiger partial charge < -0.3 is 14.8 Å². The molecule has 1 N–H and O–H groups in total. The Labute approximate surface area is 198 Å². The topological polar surface area (TPSA) is 50.2 Å². The van der Waals surface area contributed by atoms with Crippen LogP contribution in [-0.4, -0.2) is 28.5 Å². The van der Waals surface area contributed by atoms with Crippen molar-refractivity contribution in [1.29, 1.82) is 0 Å². The van der Waals surface area contributed by atoms with E-state index in [9.17, 15) is 4.79 Å². The van der Waals surface area contributed by atoms with Crippen LogP contribution < -0.4 is 10.2 Å². The fraction of sp³-hybridized carbons (Fsp3) is 0.360. The molecule has 0 aliphatic carbocycles. The molecule has 2 aromatic carbocycles. The number of fused-ring (bicyclic) bond motifs is 1. The number of nitrogens with one attached hydrogen (secondary N) is 1. The summed E-state index contributed by atoms with van der Waals surface area (Å²) in [5.41, 5.74) is 5.28. The highest BCUT2D eigenvalue weighted by atomic mass is 35.5. The molecule has 0 atom stereocenters. The molecule has 1 fully saturated rings. The molecular weight excluding hydrogens is 443 g/mol. The predicted octanol–water partition coefficient (Wildman–Crippen LogP) is 5.26. The van der Waals surface area contributed by atoms with Crippen molar-refractivity contribution >= 4 is 34.8 Å². The maximum atomic E-state index is 12.6. The van der Waals surface area contributed by atoms with Gasteiger partial charge in [0.15, 0.2) is 0 Å². The van der Waals surface area contributed by atoms with Gasteiger partial charge in [-0.3, -0.25) is 4.79 Å². The minimum Gasteiger partial charge on any atom is -0.371 e. The number of benzene rings is 2. The Hall–Kier alpha value is -2.50. The van der Waals surface area contributed by atoms with Crippen LogP contribution in [0.25, 0.3) is 11.3 Å². The monoisotopic (exact) mass is 468 g/mol. The first-order valence-electron chi connectivity index (χ1n) is 11.2.